The van der Waals surface area contributed by atoms with Gasteiger partial charge in [-0.3, -0.25) is 9.59 Å². The standard InChI is InChI=1S/C20H25FN2O2/c21-18-5-3-14(4-6-18)17-9-12-23(13-17)20(25)16-7-10-22(11-8-16)19(24)15-1-2-15/h3-6,15-17H,1-2,7-13H2/t17-/m0/s1. The number of likely N-dealkylation sites (tertiary alicyclic amines) is 2. The minimum absolute atomic E-state index is 0.0511. The van der Waals surface area contributed by atoms with Gasteiger partial charge in [-0.05, 0) is 49.8 Å². The zero-order valence-electron chi connectivity index (χ0n) is 14.5. The van der Waals surface area contributed by atoms with E-state index in [1.54, 1.807) is 0 Å². The van der Waals surface area contributed by atoms with Gasteiger partial charge in [-0.1, -0.05) is 12.1 Å². The van der Waals surface area contributed by atoms with Gasteiger partial charge in [0.25, 0.3) is 0 Å². The summed E-state index contributed by atoms with van der Waals surface area (Å²) >= 11 is 0. The normalized spacial score (nSPS) is 24.6. The molecule has 2 heterocycles. The third-order valence-electron chi connectivity index (χ3n) is 5.92. The molecule has 1 aromatic rings. The highest BCUT2D eigenvalue weighted by atomic mass is 19.1. The molecule has 0 N–H and O–H groups in total. The highest BCUT2D eigenvalue weighted by molar-refractivity contribution is 5.82. The van der Waals surface area contributed by atoms with Crippen molar-refractivity contribution in [2.75, 3.05) is 26.2 Å². The fourth-order valence-electron chi connectivity index (χ4n) is 4.16. The van der Waals surface area contributed by atoms with Crippen molar-refractivity contribution in [3.63, 3.8) is 0 Å². The Hall–Kier alpha value is -1.91. The van der Waals surface area contributed by atoms with E-state index in [2.05, 4.69) is 0 Å². The Bertz CT molecular complexity index is 648. The van der Waals surface area contributed by atoms with Gasteiger partial charge < -0.3 is 9.80 Å². The molecule has 0 aromatic heterocycles. The molecule has 3 fully saturated rings. The van der Waals surface area contributed by atoms with Gasteiger partial charge in [0.15, 0.2) is 0 Å². The Morgan fingerprint density at radius 3 is 2.00 bits per heavy atom. The molecule has 1 atom stereocenters. The molecular weight excluding hydrogens is 319 g/mol. The van der Waals surface area contributed by atoms with E-state index in [9.17, 15) is 14.0 Å². The Morgan fingerprint density at radius 1 is 0.800 bits per heavy atom. The number of nitrogens with zero attached hydrogens (tertiary/aromatic N) is 2. The van der Waals surface area contributed by atoms with Crippen LogP contribution in [0.2, 0.25) is 0 Å². The highest BCUT2D eigenvalue weighted by Gasteiger charge is 2.37. The maximum absolute atomic E-state index is 13.1. The van der Waals surface area contributed by atoms with Crippen LogP contribution in [0, 0.1) is 17.7 Å². The van der Waals surface area contributed by atoms with E-state index in [1.807, 2.05) is 21.9 Å². The lowest BCUT2D eigenvalue weighted by Crippen LogP contribution is -2.44. The first-order valence-corrected chi connectivity index (χ1v) is 9.45. The molecule has 4 rings (SSSR count). The molecule has 2 saturated heterocycles. The van der Waals surface area contributed by atoms with Gasteiger partial charge >= 0.3 is 0 Å². The first-order valence-electron chi connectivity index (χ1n) is 9.45. The number of hydrogen-bond acceptors (Lipinski definition) is 2. The summed E-state index contributed by atoms with van der Waals surface area (Å²) in [7, 11) is 0. The minimum atomic E-state index is -0.220. The van der Waals surface area contributed by atoms with Crippen LogP contribution in [0.1, 0.15) is 43.6 Å². The van der Waals surface area contributed by atoms with E-state index in [0.29, 0.717) is 11.8 Å². The Labute approximate surface area is 148 Å². The molecule has 2 amide bonds. The predicted molar refractivity (Wildman–Crippen MR) is 92.4 cm³/mol. The monoisotopic (exact) mass is 344 g/mol. The molecule has 134 valence electrons. The van der Waals surface area contributed by atoms with Crippen LogP contribution in [0.3, 0.4) is 0 Å². The molecule has 0 unspecified atom stereocenters. The fraction of sp³-hybridized carbons (Fsp3) is 0.600. The summed E-state index contributed by atoms with van der Waals surface area (Å²) in [5, 5.41) is 0. The van der Waals surface area contributed by atoms with Crippen molar-refractivity contribution in [3.8, 4) is 0 Å². The van der Waals surface area contributed by atoms with Crippen molar-refractivity contribution in [3.05, 3.63) is 35.6 Å². The lowest BCUT2D eigenvalue weighted by molar-refractivity contribution is -0.140. The van der Waals surface area contributed by atoms with Gasteiger partial charge in [-0.15, -0.1) is 0 Å². The zero-order valence-corrected chi connectivity index (χ0v) is 14.5. The first-order chi connectivity index (χ1) is 12.1. The van der Waals surface area contributed by atoms with Gasteiger partial charge in [0, 0.05) is 43.9 Å². The predicted octanol–water partition coefficient (Wildman–Crippen LogP) is 2.79. The number of rotatable bonds is 3. The summed E-state index contributed by atoms with van der Waals surface area (Å²) in [5.74, 6) is 0.937. The Kier molecular flexibility index (Phi) is 4.48. The van der Waals surface area contributed by atoms with Crippen LogP contribution in [-0.2, 0) is 9.59 Å². The molecule has 1 aromatic carbocycles. The minimum Gasteiger partial charge on any atom is -0.342 e. The second-order valence-electron chi connectivity index (χ2n) is 7.70. The van der Waals surface area contributed by atoms with Gasteiger partial charge in [0.2, 0.25) is 11.8 Å². The lowest BCUT2D eigenvalue weighted by atomic mass is 9.95. The highest BCUT2D eigenvalue weighted by Crippen LogP contribution is 2.33. The molecule has 3 aliphatic rings. The van der Waals surface area contributed by atoms with Crippen LogP contribution in [0.4, 0.5) is 4.39 Å². The van der Waals surface area contributed by atoms with Crippen molar-refractivity contribution in [2.24, 2.45) is 11.8 Å². The molecule has 5 heteroatoms. The topological polar surface area (TPSA) is 40.6 Å². The van der Waals surface area contributed by atoms with E-state index in [-0.39, 0.29) is 23.6 Å². The van der Waals surface area contributed by atoms with Crippen LogP contribution >= 0.6 is 0 Å². The molecule has 1 saturated carbocycles. The Balaban J connectivity index is 1.30. The maximum Gasteiger partial charge on any atom is 0.225 e. The van der Waals surface area contributed by atoms with Crippen LogP contribution in [0.25, 0.3) is 0 Å². The van der Waals surface area contributed by atoms with Gasteiger partial charge in [0.1, 0.15) is 5.82 Å². The largest absolute Gasteiger partial charge is 0.342 e. The number of amides is 2. The van der Waals surface area contributed by atoms with Gasteiger partial charge in [-0.25, -0.2) is 4.39 Å². The zero-order chi connectivity index (χ0) is 17.4. The molecule has 1 aliphatic carbocycles. The lowest BCUT2D eigenvalue weighted by Gasteiger charge is -2.33. The third kappa shape index (κ3) is 3.55. The summed E-state index contributed by atoms with van der Waals surface area (Å²) < 4.78 is 13.1. The van der Waals surface area contributed by atoms with Crippen LogP contribution < -0.4 is 0 Å². The summed E-state index contributed by atoms with van der Waals surface area (Å²) in [5.41, 5.74) is 1.11. The van der Waals surface area contributed by atoms with E-state index in [4.69, 9.17) is 0 Å². The first kappa shape index (κ1) is 16.6. The number of carbonyl (C=O) groups excluding carboxylic acids is 2. The summed E-state index contributed by atoms with van der Waals surface area (Å²) in [4.78, 5) is 28.9. The molecular formula is C20H25FN2O2. The third-order valence-corrected chi connectivity index (χ3v) is 5.92. The van der Waals surface area contributed by atoms with Crippen LogP contribution in [0.5, 0.6) is 0 Å². The second kappa shape index (κ2) is 6.77. The van der Waals surface area contributed by atoms with E-state index in [1.165, 1.54) is 12.1 Å². The van der Waals surface area contributed by atoms with Gasteiger partial charge in [-0.2, -0.15) is 0 Å². The number of carbonyl (C=O) groups is 2. The summed E-state index contributed by atoms with van der Waals surface area (Å²) in [6.45, 7) is 2.95. The average molecular weight is 344 g/mol. The van der Waals surface area contributed by atoms with Crippen LogP contribution in [-0.4, -0.2) is 47.8 Å². The van der Waals surface area contributed by atoms with Gasteiger partial charge in [0.05, 0.1) is 0 Å². The number of benzene rings is 1. The number of piperidine rings is 1. The Morgan fingerprint density at radius 2 is 1.36 bits per heavy atom. The van der Waals surface area contributed by atoms with E-state index >= 15 is 0 Å². The molecule has 0 bridgehead atoms. The van der Waals surface area contributed by atoms with Crippen molar-refractivity contribution in [2.45, 2.75) is 38.0 Å². The number of hydrogen-bond donors (Lipinski definition) is 0. The molecule has 2 aliphatic heterocycles. The molecule has 4 nitrogen and oxygen atoms in total. The SMILES string of the molecule is O=C(C1CC1)N1CCC(C(=O)N2CC[C@H](c3ccc(F)cc3)C2)CC1. The van der Waals surface area contributed by atoms with Crippen molar-refractivity contribution >= 4 is 11.8 Å². The summed E-state index contributed by atoms with van der Waals surface area (Å²) in [6.07, 6.45) is 4.59. The van der Waals surface area contributed by atoms with Crippen LogP contribution in [0.15, 0.2) is 24.3 Å². The number of halogens is 1. The average Bonchev–Trinajstić information content (AvgIpc) is 3.38. The van der Waals surface area contributed by atoms with E-state index in [0.717, 1.165) is 63.8 Å². The summed E-state index contributed by atoms with van der Waals surface area (Å²) in [6, 6.07) is 6.64. The maximum atomic E-state index is 13.1. The molecule has 0 spiro atoms. The van der Waals surface area contributed by atoms with Crippen molar-refractivity contribution < 1.29 is 14.0 Å². The smallest absolute Gasteiger partial charge is 0.225 e. The molecule has 25 heavy (non-hydrogen) atoms. The van der Waals surface area contributed by atoms with Crippen molar-refractivity contribution in [1.82, 2.24) is 9.80 Å². The molecule has 0 radical (unpaired) electrons. The van der Waals surface area contributed by atoms with E-state index < -0.39 is 0 Å². The second-order valence-corrected chi connectivity index (χ2v) is 7.70. The quantitative estimate of drug-likeness (QED) is 0.846. The van der Waals surface area contributed by atoms with Crippen molar-refractivity contribution in [1.29, 1.82) is 0 Å². The fourth-order valence-corrected chi connectivity index (χ4v) is 4.16.